The molecule has 1 heterocycles. The van der Waals surface area contributed by atoms with E-state index in [0.717, 1.165) is 35.1 Å². The zero-order chi connectivity index (χ0) is 32.6. The molecule has 17 heteroatoms. The van der Waals surface area contributed by atoms with Gasteiger partial charge in [0.25, 0.3) is 0 Å². The van der Waals surface area contributed by atoms with Crippen LogP contribution in [0.1, 0.15) is 48.8 Å². The van der Waals surface area contributed by atoms with E-state index >= 15 is 0 Å². The first-order valence-corrected chi connectivity index (χ1v) is 13.3. The summed E-state index contributed by atoms with van der Waals surface area (Å²) in [5, 5.41) is 19.9. The minimum absolute atomic E-state index is 0.0188. The fourth-order valence-corrected chi connectivity index (χ4v) is 3.65. The van der Waals surface area contributed by atoms with E-state index in [1.165, 1.54) is 6.07 Å². The number of carbonyl (C=O) groups is 2. The highest BCUT2D eigenvalue weighted by Crippen LogP contribution is 2.34. The van der Waals surface area contributed by atoms with Gasteiger partial charge in [-0.05, 0) is 69.3 Å². The lowest BCUT2D eigenvalue weighted by molar-refractivity contribution is -0.157. The Morgan fingerprint density at radius 2 is 1.40 bits per heavy atom. The van der Waals surface area contributed by atoms with Crippen LogP contribution in [0, 0.1) is 6.92 Å². The highest BCUT2D eigenvalue weighted by molar-refractivity contribution is 9.08. The monoisotopic (exact) mass is 684 g/mol. The van der Waals surface area contributed by atoms with Gasteiger partial charge in [-0.1, -0.05) is 15.9 Å². The van der Waals surface area contributed by atoms with E-state index < -0.39 is 47.6 Å². The summed E-state index contributed by atoms with van der Waals surface area (Å²) in [5.41, 5.74) is -1.86. The number of aliphatic carboxylic acids is 1. The molecule has 236 valence electrons. The van der Waals surface area contributed by atoms with Crippen LogP contribution in [0.15, 0.2) is 36.4 Å². The third kappa shape index (κ3) is 12.1. The molecule has 0 radical (unpaired) electrons. The predicted octanol–water partition coefficient (Wildman–Crippen LogP) is 5.83. The standard InChI is InChI=1S/C14H16BrF3O3.C12H11F3N4O3/c1-13(2,3)21-12(19)8-20-11-5-4-10(14(16,17)18)6-9(11)7-15;1-7-16-18-19(17-7)5-8-4-9(12(13,14)15)2-3-10(8)22-6-11(20)21/h4-6H,7-8H2,1-3H3;2-4H,5-6H2,1H3,(H,20,21). The Balaban J connectivity index is 0.000000301. The van der Waals surface area contributed by atoms with Crippen LogP contribution < -0.4 is 9.47 Å². The Hall–Kier alpha value is -3.89. The van der Waals surface area contributed by atoms with E-state index in [4.69, 9.17) is 19.3 Å². The van der Waals surface area contributed by atoms with Gasteiger partial charge in [0.2, 0.25) is 0 Å². The molecule has 0 saturated heterocycles. The number of hydrogen-bond donors (Lipinski definition) is 1. The van der Waals surface area contributed by atoms with Crippen LogP contribution >= 0.6 is 15.9 Å². The number of hydrogen-bond acceptors (Lipinski definition) is 8. The second kappa shape index (κ2) is 14.5. The fraction of sp³-hybridized carbons (Fsp3) is 0.423. The number of carbonyl (C=O) groups excluding carboxylic acids is 1. The van der Waals surface area contributed by atoms with Gasteiger partial charge in [0.05, 0.1) is 17.7 Å². The maximum Gasteiger partial charge on any atom is 0.416 e. The van der Waals surface area contributed by atoms with E-state index in [-0.39, 0.29) is 35.5 Å². The number of carboxylic acids is 1. The molecule has 0 aliphatic heterocycles. The molecule has 1 N–H and O–H groups in total. The van der Waals surface area contributed by atoms with Gasteiger partial charge in [-0.25, -0.2) is 9.59 Å². The summed E-state index contributed by atoms with van der Waals surface area (Å²) in [4.78, 5) is 23.1. The Bertz CT molecular complexity index is 1410. The lowest BCUT2D eigenvalue weighted by Gasteiger charge is -2.20. The zero-order valence-corrected chi connectivity index (χ0v) is 24.8. The van der Waals surface area contributed by atoms with Crippen LogP contribution in [0.2, 0.25) is 0 Å². The molecule has 43 heavy (non-hydrogen) atoms. The number of nitrogens with zero attached hydrogens (tertiary/aromatic N) is 4. The van der Waals surface area contributed by atoms with Crippen LogP contribution in [-0.4, -0.2) is 56.1 Å². The van der Waals surface area contributed by atoms with Crippen molar-refractivity contribution in [3.63, 3.8) is 0 Å². The van der Waals surface area contributed by atoms with Crippen molar-refractivity contribution in [1.82, 2.24) is 20.2 Å². The molecular weight excluding hydrogens is 658 g/mol. The smallest absolute Gasteiger partial charge is 0.416 e. The van der Waals surface area contributed by atoms with Gasteiger partial charge in [-0.15, -0.1) is 10.2 Å². The highest BCUT2D eigenvalue weighted by atomic mass is 79.9. The highest BCUT2D eigenvalue weighted by Gasteiger charge is 2.32. The predicted molar refractivity (Wildman–Crippen MR) is 142 cm³/mol. The van der Waals surface area contributed by atoms with Crippen molar-refractivity contribution in [3.8, 4) is 11.5 Å². The minimum Gasteiger partial charge on any atom is -0.482 e. The van der Waals surface area contributed by atoms with Crippen LogP contribution in [0.5, 0.6) is 11.5 Å². The van der Waals surface area contributed by atoms with E-state index in [1.807, 2.05) is 0 Å². The van der Waals surface area contributed by atoms with Gasteiger partial charge in [0.15, 0.2) is 19.0 Å². The summed E-state index contributed by atoms with van der Waals surface area (Å²) in [5.74, 6) is -1.22. The lowest BCUT2D eigenvalue weighted by atomic mass is 10.1. The Labute approximate surface area is 250 Å². The maximum absolute atomic E-state index is 12.8. The molecule has 10 nitrogen and oxygen atoms in total. The second-order valence-corrected chi connectivity index (χ2v) is 10.3. The summed E-state index contributed by atoms with van der Waals surface area (Å²) in [6.45, 7) is 5.58. The largest absolute Gasteiger partial charge is 0.482 e. The number of halogens is 7. The van der Waals surface area contributed by atoms with Crippen LogP contribution in [0.3, 0.4) is 0 Å². The summed E-state index contributed by atoms with van der Waals surface area (Å²) < 4.78 is 91.4. The number of carboxylic acid groups (broad SMARTS) is 1. The normalized spacial score (nSPS) is 11.8. The molecule has 0 amide bonds. The molecule has 1 aromatic heterocycles. The van der Waals surface area contributed by atoms with Crippen molar-refractivity contribution in [1.29, 1.82) is 0 Å². The Kier molecular flexibility index (Phi) is 11.9. The van der Waals surface area contributed by atoms with E-state index in [0.29, 0.717) is 11.4 Å². The molecule has 0 bridgehead atoms. The first-order valence-electron chi connectivity index (χ1n) is 12.2. The SMILES string of the molecule is CC(C)(C)OC(=O)COc1ccc(C(F)(F)F)cc1CBr.Cc1nnn(Cc2cc(C(F)(F)F)ccc2OCC(=O)O)n1. The van der Waals surface area contributed by atoms with Crippen molar-refractivity contribution in [2.24, 2.45) is 0 Å². The van der Waals surface area contributed by atoms with Gasteiger partial charge in [-0.3, -0.25) is 0 Å². The average molecular weight is 685 g/mol. The molecule has 2 aromatic carbocycles. The van der Waals surface area contributed by atoms with Gasteiger partial charge >= 0.3 is 24.3 Å². The van der Waals surface area contributed by atoms with Crippen LogP contribution in [0.25, 0.3) is 0 Å². The first-order chi connectivity index (χ1) is 19.8. The summed E-state index contributed by atoms with van der Waals surface area (Å²) in [6.07, 6.45) is -8.94. The van der Waals surface area contributed by atoms with Crippen molar-refractivity contribution in [2.45, 2.75) is 57.5 Å². The number of aromatic nitrogens is 4. The topological polar surface area (TPSA) is 126 Å². The molecule has 0 saturated carbocycles. The number of ether oxygens (including phenoxy) is 3. The molecule has 0 atom stereocenters. The molecule has 0 unspecified atom stereocenters. The number of tetrazole rings is 1. The lowest BCUT2D eigenvalue weighted by Crippen LogP contribution is -2.27. The summed E-state index contributed by atoms with van der Waals surface area (Å²) in [7, 11) is 0. The molecule has 0 spiro atoms. The summed E-state index contributed by atoms with van der Waals surface area (Å²) >= 11 is 3.10. The molecule has 0 aliphatic carbocycles. The molecule has 0 fully saturated rings. The zero-order valence-electron chi connectivity index (χ0n) is 23.2. The average Bonchev–Trinajstić information content (AvgIpc) is 3.29. The van der Waals surface area contributed by atoms with E-state index in [2.05, 4.69) is 31.3 Å². The number of rotatable bonds is 9. The Morgan fingerprint density at radius 3 is 1.84 bits per heavy atom. The Morgan fingerprint density at radius 1 is 0.884 bits per heavy atom. The molecule has 3 aromatic rings. The number of aryl methyl sites for hydroxylation is 1. The quantitative estimate of drug-likeness (QED) is 0.168. The van der Waals surface area contributed by atoms with E-state index in [9.17, 15) is 35.9 Å². The third-order valence-corrected chi connectivity index (χ3v) is 5.51. The minimum atomic E-state index is -4.52. The van der Waals surface area contributed by atoms with Gasteiger partial charge in [0, 0.05) is 16.5 Å². The fourth-order valence-electron chi connectivity index (χ4n) is 3.21. The van der Waals surface area contributed by atoms with Crippen LogP contribution in [-0.2, 0) is 38.6 Å². The maximum atomic E-state index is 12.8. The van der Waals surface area contributed by atoms with Crippen molar-refractivity contribution < 1.29 is 55.2 Å². The number of esters is 1. The number of benzene rings is 2. The second-order valence-electron chi connectivity index (χ2n) is 9.70. The van der Waals surface area contributed by atoms with Gasteiger partial charge < -0.3 is 19.3 Å². The van der Waals surface area contributed by atoms with Crippen LogP contribution in [0.4, 0.5) is 26.3 Å². The third-order valence-electron chi connectivity index (χ3n) is 4.90. The van der Waals surface area contributed by atoms with Gasteiger partial charge in [-0.2, -0.15) is 31.1 Å². The van der Waals surface area contributed by atoms with Crippen molar-refractivity contribution >= 4 is 27.9 Å². The first kappa shape index (κ1) is 35.3. The van der Waals surface area contributed by atoms with Crippen molar-refractivity contribution in [3.05, 3.63) is 64.5 Å². The molecule has 0 aliphatic rings. The number of alkyl halides is 7. The summed E-state index contributed by atoms with van der Waals surface area (Å²) in [6, 6.07) is 5.86. The van der Waals surface area contributed by atoms with E-state index in [1.54, 1.807) is 27.7 Å². The molecule has 3 rings (SSSR count). The van der Waals surface area contributed by atoms with Crippen molar-refractivity contribution in [2.75, 3.05) is 13.2 Å². The molecular formula is C26H27BrF6N4O6. The van der Waals surface area contributed by atoms with Gasteiger partial charge in [0.1, 0.15) is 17.1 Å².